The SMILES string of the molecule is CC1(C)CN([C@@H](c2cccc(C(C)(C)C)c2)C(F)(F)F)NC1=O. The van der Waals surface area contributed by atoms with E-state index in [-0.39, 0.29) is 17.5 Å². The fraction of sp³-hybridized carbons (Fsp3) is 0.588. The lowest BCUT2D eigenvalue weighted by Crippen LogP contribution is -2.43. The highest BCUT2D eigenvalue weighted by atomic mass is 19.4. The highest BCUT2D eigenvalue weighted by Gasteiger charge is 2.51. The third-order valence-corrected chi connectivity index (χ3v) is 4.12. The first-order chi connectivity index (χ1) is 10.3. The summed E-state index contributed by atoms with van der Waals surface area (Å²) in [5.41, 5.74) is 2.26. The van der Waals surface area contributed by atoms with Crippen molar-refractivity contribution in [3.05, 3.63) is 35.4 Å². The Morgan fingerprint density at radius 2 is 1.83 bits per heavy atom. The van der Waals surface area contributed by atoms with Crippen LogP contribution < -0.4 is 5.43 Å². The molecule has 1 fully saturated rings. The van der Waals surface area contributed by atoms with Gasteiger partial charge < -0.3 is 0 Å². The van der Waals surface area contributed by atoms with Crippen LogP contribution in [-0.4, -0.2) is 23.6 Å². The summed E-state index contributed by atoms with van der Waals surface area (Å²) in [6.45, 7) is 9.15. The molecule has 1 aromatic rings. The Kier molecular flexibility index (Phi) is 4.26. The predicted molar refractivity (Wildman–Crippen MR) is 82.6 cm³/mol. The minimum Gasteiger partial charge on any atom is -0.287 e. The second kappa shape index (κ2) is 5.51. The molecule has 1 aliphatic rings. The molecule has 1 amide bonds. The average molecular weight is 328 g/mol. The van der Waals surface area contributed by atoms with E-state index in [0.717, 1.165) is 10.6 Å². The Bertz CT molecular complexity index is 603. The molecular weight excluding hydrogens is 305 g/mol. The minimum absolute atomic E-state index is 0.00968. The van der Waals surface area contributed by atoms with Crippen molar-refractivity contribution in [1.82, 2.24) is 10.4 Å². The number of hydrogen-bond donors (Lipinski definition) is 1. The molecule has 0 aromatic heterocycles. The summed E-state index contributed by atoms with van der Waals surface area (Å²) in [6.07, 6.45) is -4.48. The maximum Gasteiger partial charge on any atom is 0.409 e. The Hall–Kier alpha value is -1.56. The van der Waals surface area contributed by atoms with Crippen molar-refractivity contribution < 1.29 is 18.0 Å². The van der Waals surface area contributed by atoms with Gasteiger partial charge in [-0.1, -0.05) is 45.0 Å². The third kappa shape index (κ3) is 3.68. The zero-order chi connectivity index (χ0) is 17.6. The molecule has 1 aliphatic heterocycles. The predicted octanol–water partition coefficient (Wildman–Crippen LogP) is 3.96. The van der Waals surface area contributed by atoms with E-state index >= 15 is 0 Å². The lowest BCUT2D eigenvalue weighted by atomic mass is 9.85. The normalized spacial score (nSPS) is 20.4. The van der Waals surface area contributed by atoms with Crippen LogP contribution in [0.2, 0.25) is 0 Å². The van der Waals surface area contributed by atoms with Gasteiger partial charge in [-0.25, -0.2) is 5.01 Å². The molecule has 0 bridgehead atoms. The van der Waals surface area contributed by atoms with Gasteiger partial charge in [0.1, 0.15) is 6.04 Å². The molecule has 0 unspecified atom stereocenters. The number of rotatable bonds is 2. The molecule has 0 radical (unpaired) electrons. The minimum atomic E-state index is -4.48. The van der Waals surface area contributed by atoms with Crippen molar-refractivity contribution in [2.45, 2.75) is 52.3 Å². The van der Waals surface area contributed by atoms with Gasteiger partial charge in [0.15, 0.2) is 0 Å². The molecule has 23 heavy (non-hydrogen) atoms. The number of alkyl halides is 3. The van der Waals surface area contributed by atoms with E-state index in [9.17, 15) is 18.0 Å². The van der Waals surface area contributed by atoms with Crippen molar-refractivity contribution in [1.29, 1.82) is 0 Å². The number of nitrogens with zero attached hydrogens (tertiary/aromatic N) is 1. The number of hydrogen-bond acceptors (Lipinski definition) is 2. The maximum absolute atomic E-state index is 13.7. The second-order valence-corrected chi connectivity index (χ2v) is 7.77. The van der Waals surface area contributed by atoms with Crippen molar-refractivity contribution in [3.8, 4) is 0 Å². The van der Waals surface area contributed by atoms with E-state index in [1.165, 1.54) is 6.07 Å². The summed E-state index contributed by atoms with van der Waals surface area (Å²) < 4.78 is 41.0. The van der Waals surface area contributed by atoms with Crippen LogP contribution in [0.25, 0.3) is 0 Å². The smallest absolute Gasteiger partial charge is 0.287 e. The first kappa shape index (κ1) is 17.8. The fourth-order valence-corrected chi connectivity index (χ4v) is 2.70. The van der Waals surface area contributed by atoms with Crippen LogP contribution >= 0.6 is 0 Å². The third-order valence-electron chi connectivity index (χ3n) is 4.12. The summed E-state index contributed by atoms with van der Waals surface area (Å²) in [5.74, 6) is -0.390. The molecule has 6 heteroatoms. The van der Waals surface area contributed by atoms with Gasteiger partial charge >= 0.3 is 6.18 Å². The van der Waals surface area contributed by atoms with E-state index in [2.05, 4.69) is 5.43 Å². The maximum atomic E-state index is 13.7. The monoisotopic (exact) mass is 328 g/mol. The van der Waals surface area contributed by atoms with Gasteiger partial charge in [0.2, 0.25) is 5.91 Å². The van der Waals surface area contributed by atoms with E-state index < -0.39 is 23.5 Å². The molecule has 1 heterocycles. The van der Waals surface area contributed by atoms with Crippen molar-refractivity contribution in [2.75, 3.05) is 6.54 Å². The van der Waals surface area contributed by atoms with Crippen LogP contribution in [0, 0.1) is 5.41 Å². The topological polar surface area (TPSA) is 32.3 Å². The van der Waals surface area contributed by atoms with Crippen LogP contribution in [0.4, 0.5) is 13.2 Å². The number of halogens is 3. The number of nitrogens with one attached hydrogen (secondary N) is 1. The fourth-order valence-electron chi connectivity index (χ4n) is 2.70. The summed E-state index contributed by atoms with van der Waals surface area (Å²) in [7, 11) is 0. The number of carbonyl (C=O) groups is 1. The Morgan fingerprint density at radius 3 is 2.26 bits per heavy atom. The standard InChI is InChI=1S/C17H23F3N2O/c1-15(2,3)12-8-6-7-11(9-12)13(17(18,19)20)22-10-16(4,5)14(23)21-22/h6-9,13H,10H2,1-5H3,(H,21,23)/t13-/m0/s1. The van der Waals surface area contributed by atoms with Crippen molar-refractivity contribution >= 4 is 5.91 Å². The first-order valence-corrected chi connectivity index (χ1v) is 7.57. The van der Waals surface area contributed by atoms with Gasteiger partial charge in [-0.2, -0.15) is 13.2 Å². The van der Waals surface area contributed by atoms with Crippen LogP contribution in [-0.2, 0) is 10.2 Å². The molecule has 1 saturated heterocycles. The van der Waals surface area contributed by atoms with Gasteiger partial charge in [0.05, 0.1) is 5.41 Å². The molecule has 2 rings (SSSR count). The highest BCUT2D eigenvalue weighted by molar-refractivity contribution is 5.83. The van der Waals surface area contributed by atoms with Crippen LogP contribution in [0.3, 0.4) is 0 Å². The van der Waals surface area contributed by atoms with Crippen molar-refractivity contribution in [3.63, 3.8) is 0 Å². The Morgan fingerprint density at radius 1 is 1.22 bits per heavy atom. The van der Waals surface area contributed by atoms with Crippen LogP contribution in [0.5, 0.6) is 0 Å². The summed E-state index contributed by atoms with van der Waals surface area (Å²) in [5, 5.41) is 1.00. The molecule has 0 spiro atoms. The molecule has 1 N–H and O–H groups in total. The van der Waals surface area contributed by atoms with Gasteiger partial charge in [-0.05, 0) is 30.4 Å². The number of benzene rings is 1. The molecule has 3 nitrogen and oxygen atoms in total. The van der Waals surface area contributed by atoms with E-state index in [1.807, 2.05) is 26.8 Å². The molecule has 1 aromatic carbocycles. The number of amides is 1. The lowest BCUT2D eigenvalue weighted by molar-refractivity contribution is -0.191. The van der Waals surface area contributed by atoms with Gasteiger partial charge in [-0.15, -0.1) is 0 Å². The molecule has 128 valence electrons. The van der Waals surface area contributed by atoms with Crippen LogP contribution in [0.1, 0.15) is 51.8 Å². The largest absolute Gasteiger partial charge is 0.409 e. The summed E-state index contributed by atoms with van der Waals surface area (Å²) in [4.78, 5) is 11.9. The van der Waals surface area contributed by atoms with E-state index in [4.69, 9.17) is 0 Å². The summed E-state index contributed by atoms with van der Waals surface area (Å²) in [6, 6.07) is 4.65. The van der Waals surface area contributed by atoms with Crippen LogP contribution in [0.15, 0.2) is 24.3 Å². The molecule has 1 atom stereocenters. The number of hydrazine groups is 1. The molecule has 0 aliphatic carbocycles. The van der Waals surface area contributed by atoms with Gasteiger partial charge in [-0.3, -0.25) is 10.2 Å². The highest BCUT2D eigenvalue weighted by Crippen LogP contribution is 2.41. The quantitative estimate of drug-likeness (QED) is 0.891. The number of carbonyl (C=O) groups excluding carboxylic acids is 1. The van der Waals surface area contributed by atoms with Gasteiger partial charge in [0, 0.05) is 6.54 Å². The van der Waals surface area contributed by atoms with Crippen molar-refractivity contribution in [2.24, 2.45) is 5.41 Å². The van der Waals surface area contributed by atoms with E-state index in [0.29, 0.717) is 0 Å². The zero-order valence-electron chi connectivity index (χ0n) is 14.1. The lowest BCUT2D eigenvalue weighted by Gasteiger charge is -2.31. The first-order valence-electron chi connectivity index (χ1n) is 7.57. The Labute approximate surface area is 134 Å². The Balaban J connectivity index is 2.44. The molecule has 0 saturated carbocycles. The average Bonchev–Trinajstić information content (AvgIpc) is 2.60. The molecular formula is C17H23F3N2O. The summed E-state index contributed by atoms with van der Waals surface area (Å²) >= 11 is 0. The second-order valence-electron chi connectivity index (χ2n) is 7.77. The van der Waals surface area contributed by atoms with Gasteiger partial charge in [0.25, 0.3) is 0 Å². The zero-order valence-corrected chi connectivity index (χ0v) is 14.1. The van der Waals surface area contributed by atoms with E-state index in [1.54, 1.807) is 26.0 Å².